The smallest absolute Gasteiger partial charge is 0.279 e. The molecule has 112 valence electrons. The molecule has 1 amide bonds. The summed E-state index contributed by atoms with van der Waals surface area (Å²) in [5.41, 5.74) is 2.56. The highest BCUT2D eigenvalue weighted by Crippen LogP contribution is 2.30. The zero-order valence-electron chi connectivity index (χ0n) is 13.0. The monoisotopic (exact) mass is 285 g/mol. The Morgan fingerprint density at radius 3 is 2.52 bits per heavy atom. The van der Waals surface area contributed by atoms with Crippen LogP contribution in [0.25, 0.3) is 0 Å². The van der Waals surface area contributed by atoms with Gasteiger partial charge in [0.1, 0.15) is 0 Å². The minimum Gasteiger partial charge on any atom is -0.307 e. The molecule has 1 fully saturated rings. The zero-order chi connectivity index (χ0) is 15.0. The van der Waals surface area contributed by atoms with E-state index in [9.17, 15) is 4.79 Å². The number of carbonyl (C=O) groups is 1. The van der Waals surface area contributed by atoms with Crippen molar-refractivity contribution in [3.63, 3.8) is 0 Å². The van der Waals surface area contributed by atoms with Gasteiger partial charge in [0.15, 0.2) is 5.71 Å². The third-order valence-corrected chi connectivity index (χ3v) is 4.58. The van der Waals surface area contributed by atoms with E-state index in [0.717, 1.165) is 24.1 Å². The fourth-order valence-electron chi connectivity index (χ4n) is 3.39. The summed E-state index contributed by atoms with van der Waals surface area (Å²) in [4.78, 5) is 14.5. The Balaban J connectivity index is 2.01. The van der Waals surface area contributed by atoms with E-state index in [1.165, 1.54) is 6.42 Å². The number of carbonyl (C=O) groups excluding carboxylic acids is 1. The van der Waals surface area contributed by atoms with Crippen LogP contribution in [-0.4, -0.2) is 35.3 Å². The first-order valence-corrected chi connectivity index (χ1v) is 7.91. The summed E-state index contributed by atoms with van der Waals surface area (Å²) in [6.45, 7) is 7.08. The number of para-hydroxylation sites is 1. The van der Waals surface area contributed by atoms with Crippen LogP contribution in [-0.2, 0) is 4.79 Å². The van der Waals surface area contributed by atoms with Gasteiger partial charge in [0.05, 0.1) is 5.69 Å². The van der Waals surface area contributed by atoms with E-state index < -0.39 is 0 Å². The molecule has 2 aliphatic heterocycles. The Morgan fingerprint density at radius 2 is 1.86 bits per heavy atom. The molecule has 0 aliphatic carbocycles. The molecule has 0 radical (unpaired) electrons. The maximum absolute atomic E-state index is 12.6. The second-order valence-electron chi connectivity index (χ2n) is 6.02. The number of amides is 1. The van der Waals surface area contributed by atoms with Gasteiger partial charge in [-0.05, 0) is 46.1 Å². The number of hydrogen-bond acceptors (Lipinski definition) is 3. The maximum atomic E-state index is 12.6. The molecule has 1 aromatic carbocycles. The Labute approximate surface area is 126 Å². The first-order chi connectivity index (χ1) is 10.1. The molecule has 2 heterocycles. The van der Waals surface area contributed by atoms with E-state index in [1.807, 2.05) is 36.1 Å². The van der Waals surface area contributed by atoms with Gasteiger partial charge in [-0.25, -0.2) is 0 Å². The molecule has 0 saturated carbocycles. The van der Waals surface area contributed by atoms with Gasteiger partial charge in [0.25, 0.3) is 5.91 Å². The molecule has 1 aromatic rings. The molecule has 1 saturated heterocycles. The molecule has 0 aromatic heterocycles. The molecule has 0 N–H and O–H groups in total. The first kappa shape index (κ1) is 14.1. The molecule has 3 rings (SSSR count). The van der Waals surface area contributed by atoms with Crippen molar-refractivity contribution in [2.75, 3.05) is 11.4 Å². The highest BCUT2D eigenvalue weighted by atomic mass is 16.2. The van der Waals surface area contributed by atoms with Crippen LogP contribution < -0.4 is 4.90 Å². The summed E-state index contributed by atoms with van der Waals surface area (Å²) < 4.78 is 0. The van der Waals surface area contributed by atoms with Crippen LogP contribution >= 0.6 is 0 Å². The summed E-state index contributed by atoms with van der Waals surface area (Å²) in [7, 11) is 0. The lowest BCUT2D eigenvalue weighted by Gasteiger charge is -2.37. The van der Waals surface area contributed by atoms with Crippen LogP contribution in [0.4, 0.5) is 5.69 Å². The van der Waals surface area contributed by atoms with Gasteiger partial charge in [-0.3, -0.25) is 9.80 Å². The second-order valence-corrected chi connectivity index (χ2v) is 6.02. The number of hydrogen-bond donors (Lipinski definition) is 0. The molecule has 21 heavy (non-hydrogen) atoms. The summed E-state index contributed by atoms with van der Waals surface area (Å²) >= 11 is 0. The Hall–Kier alpha value is -1.84. The van der Waals surface area contributed by atoms with Crippen molar-refractivity contribution in [3.8, 4) is 0 Å². The van der Waals surface area contributed by atoms with Crippen LogP contribution in [0.5, 0.6) is 0 Å². The van der Waals surface area contributed by atoms with Crippen LogP contribution in [0.2, 0.25) is 0 Å². The number of nitrogens with zero attached hydrogens (tertiary/aromatic N) is 3. The Morgan fingerprint density at radius 1 is 1.19 bits per heavy atom. The van der Waals surface area contributed by atoms with Crippen molar-refractivity contribution in [2.24, 2.45) is 5.10 Å². The van der Waals surface area contributed by atoms with E-state index >= 15 is 0 Å². The van der Waals surface area contributed by atoms with Gasteiger partial charge in [-0.1, -0.05) is 18.2 Å². The van der Waals surface area contributed by atoms with Crippen molar-refractivity contribution in [3.05, 3.63) is 29.8 Å². The lowest BCUT2D eigenvalue weighted by atomic mass is 10.00. The molecule has 2 aliphatic rings. The van der Waals surface area contributed by atoms with Gasteiger partial charge in [-0.15, -0.1) is 0 Å². The molecule has 4 nitrogen and oxygen atoms in total. The van der Waals surface area contributed by atoms with Gasteiger partial charge in [0.2, 0.25) is 0 Å². The topological polar surface area (TPSA) is 35.9 Å². The number of piperidine rings is 1. The van der Waals surface area contributed by atoms with Crippen molar-refractivity contribution in [2.45, 2.75) is 52.1 Å². The van der Waals surface area contributed by atoms with Crippen molar-refractivity contribution >= 4 is 17.3 Å². The number of likely N-dealkylation sites (N-methyl/N-ethyl adjacent to an activating group) is 1. The maximum Gasteiger partial charge on any atom is 0.279 e. The lowest BCUT2D eigenvalue weighted by Crippen LogP contribution is -2.41. The van der Waals surface area contributed by atoms with Gasteiger partial charge in [0, 0.05) is 24.2 Å². The van der Waals surface area contributed by atoms with Crippen molar-refractivity contribution in [1.29, 1.82) is 0 Å². The van der Waals surface area contributed by atoms with Gasteiger partial charge < -0.3 is 4.90 Å². The third kappa shape index (κ3) is 2.33. The van der Waals surface area contributed by atoms with E-state index in [2.05, 4.69) is 18.9 Å². The third-order valence-electron chi connectivity index (χ3n) is 4.58. The van der Waals surface area contributed by atoms with Gasteiger partial charge >= 0.3 is 0 Å². The SMILES string of the molecule is CCN1C(=O)C(=NN2C(C)CCCC2C)c2ccccc21. The normalized spacial score (nSPS) is 27.4. The number of anilines is 1. The van der Waals surface area contributed by atoms with E-state index in [4.69, 9.17) is 5.10 Å². The summed E-state index contributed by atoms with van der Waals surface area (Å²) in [6.07, 6.45) is 3.54. The minimum absolute atomic E-state index is 0.0312. The van der Waals surface area contributed by atoms with E-state index in [-0.39, 0.29) is 5.91 Å². The fraction of sp³-hybridized carbons (Fsp3) is 0.529. The molecule has 2 unspecified atom stereocenters. The van der Waals surface area contributed by atoms with Crippen molar-refractivity contribution in [1.82, 2.24) is 5.01 Å². The average Bonchev–Trinajstić information content (AvgIpc) is 2.75. The van der Waals surface area contributed by atoms with Crippen molar-refractivity contribution < 1.29 is 4.79 Å². The van der Waals surface area contributed by atoms with Crippen LogP contribution in [0.15, 0.2) is 29.4 Å². The van der Waals surface area contributed by atoms with Crippen LogP contribution in [0.1, 0.15) is 45.6 Å². The molecule has 0 spiro atoms. The molecular weight excluding hydrogens is 262 g/mol. The summed E-state index contributed by atoms with van der Waals surface area (Å²) in [5, 5.41) is 6.91. The fourth-order valence-corrected chi connectivity index (χ4v) is 3.39. The number of benzene rings is 1. The molecule has 4 heteroatoms. The highest BCUT2D eigenvalue weighted by molar-refractivity contribution is 6.54. The molecular formula is C17H23N3O. The predicted molar refractivity (Wildman–Crippen MR) is 85.6 cm³/mol. The largest absolute Gasteiger partial charge is 0.307 e. The highest BCUT2D eigenvalue weighted by Gasteiger charge is 2.34. The Bertz CT molecular complexity index is 571. The van der Waals surface area contributed by atoms with Crippen LogP contribution in [0.3, 0.4) is 0 Å². The van der Waals surface area contributed by atoms with E-state index in [1.54, 1.807) is 0 Å². The minimum atomic E-state index is 0.0312. The Kier molecular flexibility index (Phi) is 3.70. The summed E-state index contributed by atoms with van der Waals surface area (Å²) in [5.74, 6) is 0.0312. The van der Waals surface area contributed by atoms with E-state index in [0.29, 0.717) is 24.3 Å². The quantitative estimate of drug-likeness (QED) is 0.837. The lowest BCUT2D eigenvalue weighted by molar-refractivity contribution is -0.112. The zero-order valence-corrected chi connectivity index (χ0v) is 13.0. The standard InChI is InChI=1S/C17H23N3O/c1-4-19-15-11-6-5-10-14(15)16(17(19)21)18-20-12(2)8-7-9-13(20)3/h5-6,10-13H,4,7-9H2,1-3H3. The van der Waals surface area contributed by atoms with Gasteiger partial charge in [-0.2, -0.15) is 5.10 Å². The average molecular weight is 285 g/mol. The predicted octanol–water partition coefficient (Wildman–Crippen LogP) is 3.02. The number of fused-ring (bicyclic) bond motifs is 1. The second kappa shape index (κ2) is 5.51. The van der Waals surface area contributed by atoms with Crippen LogP contribution in [0, 0.1) is 0 Å². The number of hydrazone groups is 1. The first-order valence-electron chi connectivity index (χ1n) is 7.91. The summed E-state index contributed by atoms with van der Waals surface area (Å²) in [6, 6.07) is 8.76. The molecule has 0 bridgehead atoms. The molecule has 2 atom stereocenters. The number of rotatable bonds is 2.